The normalized spacial score (nSPS) is 17.3. The molecule has 0 radical (unpaired) electrons. The number of ether oxygens (including phenoxy) is 1. The highest BCUT2D eigenvalue weighted by molar-refractivity contribution is 6.31. The van der Waals surface area contributed by atoms with Crippen molar-refractivity contribution in [3.8, 4) is 17.1 Å². The maximum absolute atomic E-state index is 14.0. The van der Waals surface area contributed by atoms with Crippen LogP contribution in [0.15, 0.2) is 48.7 Å². The molecule has 44 heavy (non-hydrogen) atoms. The van der Waals surface area contributed by atoms with Crippen LogP contribution in [0.1, 0.15) is 36.6 Å². The minimum Gasteiger partial charge on any atom is -0.477 e. The number of β-amino-alcohol motifs (C(OH)–C–C–N with tert-alkyl or cyclic N) is 1. The number of anilines is 1. The van der Waals surface area contributed by atoms with Crippen LogP contribution in [-0.4, -0.2) is 89.8 Å². The first-order valence-corrected chi connectivity index (χ1v) is 15.2. The Hall–Kier alpha value is -3.41. The van der Waals surface area contributed by atoms with Gasteiger partial charge in [0.15, 0.2) is 0 Å². The van der Waals surface area contributed by atoms with Crippen LogP contribution in [0, 0.1) is 6.92 Å². The topological polar surface area (TPSA) is 82.0 Å². The van der Waals surface area contributed by atoms with Gasteiger partial charge in [0, 0.05) is 56.6 Å². The van der Waals surface area contributed by atoms with Crippen molar-refractivity contribution in [1.82, 2.24) is 19.8 Å². The molecule has 12 heteroatoms. The van der Waals surface area contributed by atoms with E-state index in [0.717, 1.165) is 23.2 Å². The number of halogens is 4. The van der Waals surface area contributed by atoms with Crippen molar-refractivity contribution in [3.05, 3.63) is 70.5 Å². The van der Waals surface area contributed by atoms with Crippen LogP contribution in [0.25, 0.3) is 11.3 Å². The van der Waals surface area contributed by atoms with Gasteiger partial charge < -0.3 is 19.6 Å². The number of carbonyl (C=O) groups is 1. The fourth-order valence-corrected chi connectivity index (χ4v) is 6.81. The first kappa shape index (κ1) is 32.0. The summed E-state index contributed by atoms with van der Waals surface area (Å²) in [7, 11) is 0. The van der Waals surface area contributed by atoms with Gasteiger partial charge in [-0.25, -0.2) is 4.98 Å². The van der Waals surface area contributed by atoms with E-state index in [1.54, 1.807) is 17.2 Å². The third-order valence-corrected chi connectivity index (χ3v) is 9.08. The van der Waals surface area contributed by atoms with Gasteiger partial charge in [0.05, 0.1) is 46.8 Å². The van der Waals surface area contributed by atoms with Crippen molar-refractivity contribution < 1.29 is 27.8 Å². The maximum atomic E-state index is 14.0. The summed E-state index contributed by atoms with van der Waals surface area (Å²) in [4.78, 5) is 27.4. The summed E-state index contributed by atoms with van der Waals surface area (Å²) in [6, 6.07) is 11.9. The number of rotatable bonds is 11. The Morgan fingerprint density at radius 2 is 1.91 bits per heavy atom. The number of alkyl halides is 3. The van der Waals surface area contributed by atoms with Crippen molar-refractivity contribution in [1.29, 1.82) is 0 Å². The first-order valence-electron chi connectivity index (χ1n) is 14.8. The van der Waals surface area contributed by atoms with Crippen LogP contribution in [0.2, 0.25) is 5.02 Å². The van der Waals surface area contributed by atoms with Crippen molar-refractivity contribution in [2.24, 2.45) is 0 Å². The molecule has 0 unspecified atom stereocenters. The molecule has 1 aromatic carbocycles. The Kier molecular flexibility index (Phi) is 9.67. The molecule has 3 aromatic rings. The van der Waals surface area contributed by atoms with Crippen molar-refractivity contribution in [3.63, 3.8) is 0 Å². The minimum absolute atomic E-state index is 0.00426. The molecule has 0 saturated carbocycles. The summed E-state index contributed by atoms with van der Waals surface area (Å²) < 4.78 is 47.8. The SMILES string of the molecule is CCOc1ncccc1-c1ccc(C2(CN(C=O)C3CN(CCO)C3)CCN(c3cccc(Cl)c3C(F)(F)F)CC2)c(C)n1. The molecular formula is C32H37ClF3N5O3. The Morgan fingerprint density at radius 3 is 2.55 bits per heavy atom. The predicted molar refractivity (Wildman–Crippen MR) is 163 cm³/mol. The van der Waals surface area contributed by atoms with Gasteiger partial charge in [-0.15, -0.1) is 0 Å². The van der Waals surface area contributed by atoms with Crippen LogP contribution in [0.4, 0.5) is 18.9 Å². The van der Waals surface area contributed by atoms with E-state index in [9.17, 15) is 23.1 Å². The van der Waals surface area contributed by atoms with Gasteiger partial charge in [0.1, 0.15) is 0 Å². The molecular weight excluding hydrogens is 595 g/mol. The molecule has 1 amide bonds. The Balaban J connectivity index is 1.48. The number of hydrogen-bond acceptors (Lipinski definition) is 7. The highest BCUT2D eigenvalue weighted by Crippen LogP contribution is 2.45. The fraction of sp³-hybridized carbons (Fsp3) is 0.469. The van der Waals surface area contributed by atoms with Crippen LogP contribution < -0.4 is 9.64 Å². The summed E-state index contributed by atoms with van der Waals surface area (Å²) in [5.74, 6) is 0.490. The molecule has 2 fully saturated rings. The van der Waals surface area contributed by atoms with E-state index in [1.165, 1.54) is 12.1 Å². The fourth-order valence-electron chi connectivity index (χ4n) is 6.53. The van der Waals surface area contributed by atoms with Crippen LogP contribution >= 0.6 is 11.6 Å². The maximum Gasteiger partial charge on any atom is 0.419 e. The lowest BCUT2D eigenvalue weighted by Crippen LogP contribution is -2.62. The number of hydrogen-bond donors (Lipinski definition) is 1. The second-order valence-electron chi connectivity index (χ2n) is 11.4. The number of carbonyl (C=O) groups excluding carboxylic acids is 1. The third-order valence-electron chi connectivity index (χ3n) is 8.77. The number of nitrogens with zero attached hydrogens (tertiary/aromatic N) is 5. The molecule has 2 aromatic heterocycles. The molecule has 2 saturated heterocycles. The van der Waals surface area contributed by atoms with Crippen LogP contribution in [0.3, 0.4) is 0 Å². The largest absolute Gasteiger partial charge is 0.477 e. The molecule has 0 atom stereocenters. The van der Waals surface area contributed by atoms with E-state index in [0.29, 0.717) is 70.3 Å². The van der Waals surface area contributed by atoms with Crippen LogP contribution in [0.5, 0.6) is 5.88 Å². The lowest BCUT2D eigenvalue weighted by atomic mass is 9.71. The Morgan fingerprint density at radius 1 is 1.16 bits per heavy atom. The number of benzene rings is 1. The van der Waals surface area contributed by atoms with Gasteiger partial charge in [-0.1, -0.05) is 23.7 Å². The van der Waals surface area contributed by atoms with Gasteiger partial charge in [-0.05, 0) is 62.6 Å². The number of aliphatic hydroxyl groups excluding tert-OH is 1. The van der Waals surface area contributed by atoms with E-state index in [2.05, 4.69) is 9.88 Å². The van der Waals surface area contributed by atoms with Gasteiger partial charge in [-0.2, -0.15) is 13.2 Å². The minimum atomic E-state index is -4.59. The van der Waals surface area contributed by atoms with E-state index in [1.807, 2.05) is 43.0 Å². The lowest BCUT2D eigenvalue weighted by Gasteiger charge is -2.50. The Labute approximate surface area is 260 Å². The average molecular weight is 632 g/mol. The Bertz CT molecular complexity index is 1460. The molecule has 0 bridgehead atoms. The zero-order chi connectivity index (χ0) is 31.5. The van der Waals surface area contributed by atoms with Gasteiger partial charge >= 0.3 is 6.18 Å². The van der Waals surface area contributed by atoms with E-state index >= 15 is 0 Å². The van der Waals surface area contributed by atoms with E-state index < -0.39 is 17.2 Å². The van der Waals surface area contributed by atoms with Crippen molar-refractivity contribution in [2.75, 3.05) is 57.4 Å². The quantitative estimate of drug-likeness (QED) is 0.292. The number of piperidine rings is 1. The second kappa shape index (κ2) is 13.3. The number of aliphatic hydroxyl groups is 1. The predicted octanol–water partition coefficient (Wildman–Crippen LogP) is 5.20. The van der Waals surface area contributed by atoms with E-state index in [-0.39, 0.29) is 23.4 Å². The van der Waals surface area contributed by atoms with Gasteiger partial charge in [0.2, 0.25) is 12.3 Å². The van der Waals surface area contributed by atoms with Crippen LogP contribution in [-0.2, 0) is 16.4 Å². The monoisotopic (exact) mass is 631 g/mol. The number of aromatic nitrogens is 2. The standard InChI is InChI=1S/C32H37ClF3N5O3/c1-3-44-30-24(6-5-13-37-30)27-10-9-25(22(2)38-27)31(20-41(21-43)23-18-39(19-23)16-17-42)11-14-40(15-12-31)28-8-4-7-26(33)29(28)32(34,35)36/h4-10,13,21,23,42H,3,11-12,14-20H2,1-2H3. The number of aryl methyl sites for hydroxylation is 1. The van der Waals surface area contributed by atoms with E-state index in [4.69, 9.17) is 21.3 Å². The highest BCUT2D eigenvalue weighted by atomic mass is 35.5. The second-order valence-corrected chi connectivity index (χ2v) is 11.8. The van der Waals surface area contributed by atoms with Gasteiger partial charge in [-0.3, -0.25) is 14.7 Å². The zero-order valence-corrected chi connectivity index (χ0v) is 25.6. The average Bonchev–Trinajstić information content (AvgIpc) is 2.98. The molecule has 4 heterocycles. The zero-order valence-electron chi connectivity index (χ0n) is 24.9. The highest BCUT2D eigenvalue weighted by Gasteiger charge is 2.44. The molecule has 0 spiro atoms. The summed E-state index contributed by atoms with van der Waals surface area (Å²) in [6.45, 7) is 7.30. The number of amides is 1. The molecule has 2 aliphatic heterocycles. The van der Waals surface area contributed by atoms with Crippen molar-refractivity contribution >= 4 is 23.7 Å². The molecule has 1 N–H and O–H groups in total. The lowest BCUT2D eigenvalue weighted by molar-refractivity contribution is -0.137. The third kappa shape index (κ3) is 6.50. The number of likely N-dealkylation sites (tertiary alicyclic amines) is 1. The summed E-state index contributed by atoms with van der Waals surface area (Å²) in [5, 5.41) is 8.97. The molecule has 0 aliphatic carbocycles. The molecule has 2 aliphatic rings. The van der Waals surface area contributed by atoms with Gasteiger partial charge in [0.25, 0.3) is 0 Å². The molecule has 5 rings (SSSR count). The molecule has 8 nitrogen and oxygen atoms in total. The molecule has 236 valence electrons. The van der Waals surface area contributed by atoms with Crippen molar-refractivity contribution in [2.45, 2.75) is 44.3 Å². The summed E-state index contributed by atoms with van der Waals surface area (Å²) in [5.41, 5.74) is 1.90. The summed E-state index contributed by atoms with van der Waals surface area (Å²) in [6.07, 6.45) is -1.04. The number of pyridine rings is 2. The summed E-state index contributed by atoms with van der Waals surface area (Å²) >= 11 is 6.05. The first-order chi connectivity index (χ1) is 21.1. The smallest absolute Gasteiger partial charge is 0.419 e.